The van der Waals surface area contributed by atoms with Crippen LogP contribution in [0.4, 0.5) is 0 Å². The summed E-state index contributed by atoms with van der Waals surface area (Å²) in [5, 5.41) is 9.77. The van der Waals surface area contributed by atoms with Crippen molar-refractivity contribution >= 4 is 17.9 Å². The summed E-state index contributed by atoms with van der Waals surface area (Å²) in [7, 11) is 5.98. The summed E-state index contributed by atoms with van der Waals surface area (Å²) in [6.07, 6.45) is 102. The molecule has 0 aliphatic heterocycles. The third-order valence-electron chi connectivity index (χ3n) is 16.7. The lowest BCUT2D eigenvalue weighted by molar-refractivity contribution is -0.870. The second-order valence-electron chi connectivity index (χ2n) is 26.9. The summed E-state index contributed by atoms with van der Waals surface area (Å²) in [6.45, 7) is 4.78. The van der Waals surface area contributed by atoms with Gasteiger partial charge in [0.1, 0.15) is 13.2 Å². The second kappa shape index (κ2) is 73.5. The van der Waals surface area contributed by atoms with Crippen molar-refractivity contribution in [2.75, 3.05) is 47.5 Å². The van der Waals surface area contributed by atoms with E-state index in [4.69, 9.17) is 18.9 Å². The summed E-state index contributed by atoms with van der Waals surface area (Å²) in [5.74, 6) is -2.01. The van der Waals surface area contributed by atoms with Gasteiger partial charge in [0.05, 0.1) is 34.4 Å². The summed E-state index contributed by atoms with van der Waals surface area (Å²) >= 11 is 0. The number of unbranched alkanes of at least 4 members (excludes halogenated alkanes) is 36. The lowest BCUT2D eigenvalue weighted by atomic mass is 10.0. The first-order valence-electron chi connectivity index (χ1n) is 38.7. The van der Waals surface area contributed by atoms with Crippen molar-refractivity contribution in [3.8, 4) is 0 Å². The van der Waals surface area contributed by atoms with Crippen LogP contribution in [0.5, 0.6) is 0 Å². The molecule has 1 N–H and O–H groups in total. The zero-order valence-corrected chi connectivity index (χ0v) is 61.1. The van der Waals surface area contributed by atoms with Gasteiger partial charge < -0.3 is 28.5 Å². The van der Waals surface area contributed by atoms with Crippen LogP contribution in [0.15, 0.2) is 122 Å². The SMILES string of the molecule is CC/C=C\C/C=C\C/C=C\C/C=C\C/C=C\C/C=C\C/C=C\C/C=C\C/C=C\CCCCCCCCCC(=O)OC(COC(=O)CCCCCCCCCCCCCCCCCCCCCCC/C=C\CCCCCCCCCC)COC(OCC[N+](C)(C)C)C(=O)O. The Labute approximate surface area is 574 Å². The van der Waals surface area contributed by atoms with Gasteiger partial charge in [-0.15, -0.1) is 0 Å². The molecule has 0 spiro atoms. The number of carbonyl (C=O) groups excluding carboxylic acids is 2. The Bertz CT molecular complexity index is 1950. The van der Waals surface area contributed by atoms with E-state index < -0.39 is 24.3 Å². The van der Waals surface area contributed by atoms with Crippen LogP contribution in [-0.2, 0) is 33.3 Å². The molecule has 0 bridgehead atoms. The molecule has 0 amide bonds. The Hall–Kier alpha value is -4.31. The molecule has 0 saturated heterocycles. The van der Waals surface area contributed by atoms with E-state index in [1.165, 1.54) is 199 Å². The average Bonchev–Trinajstić information content (AvgIpc) is 3.74. The number of allylic oxidation sites excluding steroid dienone is 20. The normalized spacial score (nSPS) is 13.3. The maximum atomic E-state index is 13.0. The highest BCUT2D eigenvalue weighted by atomic mass is 16.7. The molecule has 0 radical (unpaired) electrons. The summed E-state index contributed by atoms with van der Waals surface area (Å²) in [4.78, 5) is 37.7. The van der Waals surface area contributed by atoms with E-state index in [2.05, 4.69) is 135 Å². The number of carboxylic acid groups (broad SMARTS) is 1. The van der Waals surface area contributed by atoms with Crippen LogP contribution < -0.4 is 0 Å². The van der Waals surface area contributed by atoms with Gasteiger partial charge in [0, 0.05) is 12.8 Å². The first-order valence-corrected chi connectivity index (χ1v) is 38.7. The Morgan fingerprint density at radius 3 is 0.925 bits per heavy atom. The van der Waals surface area contributed by atoms with Gasteiger partial charge in [0.15, 0.2) is 6.10 Å². The van der Waals surface area contributed by atoms with Crippen LogP contribution in [-0.4, -0.2) is 87.4 Å². The molecule has 93 heavy (non-hydrogen) atoms. The number of hydrogen-bond donors (Lipinski definition) is 1. The van der Waals surface area contributed by atoms with Gasteiger partial charge in [-0.2, -0.15) is 0 Å². The fourth-order valence-corrected chi connectivity index (χ4v) is 10.8. The average molecular weight is 1300 g/mol. The number of aliphatic carboxylic acids is 1. The molecule has 0 saturated carbocycles. The van der Waals surface area contributed by atoms with Gasteiger partial charge in [-0.05, 0) is 109 Å². The quantitative estimate of drug-likeness (QED) is 0.0211. The number of rotatable bonds is 71. The third-order valence-corrected chi connectivity index (χ3v) is 16.7. The Kier molecular flexibility index (Phi) is 70.1. The molecule has 0 aromatic heterocycles. The topological polar surface area (TPSA) is 108 Å². The molecule has 2 atom stereocenters. The van der Waals surface area contributed by atoms with E-state index in [-0.39, 0.29) is 32.2 Å². The van der Waals surface area contributed by atoms with Crippen LogP contribution in [0.2, 0.25) is 0 Å². The number of nitrogens with zero attached hydrogens (tertiary/aromatic N) is 1. The van der Waals surface area contributed by atoms with Crippen molar-refractivity contribution in [2.45, 2.75) is 347 Å². The first-order chi connectivity index (χ1) is 45.6. The minimum atomic E-state index is -1.52. The molecule has 0 rings (SSSR count). The zero-order chi connectivity index (χ0) is 67.5. The number of esters is 2. The van der Waals surface area contributed by atoms with Gasteiger partial charge in [-0.25, -0.2) is 4.79 Å². The number of quaternary nitrogens is 1. The van der Waals surface area contributed by atoms with E-state index in [9.17, 15) is 19.5 Å². The van der Waals surface area contributed by atoms with Crippen molar-refractivity contribution < 1.29 is 42.9 Å². The molecule has 0 heterocycles. The highest BCUT2D eigenvalue weighted by Crippen LogP contribution is 2.18. The second-order valence-corrected chi connectivity index (χ2v) is 26.9. The fourth-order valence-electron chi connectivity index (χ4n) is 10.8. The predicted octanol–water partition coefficient (Wildman–Crippen LogP) is 24.7. The molecular formula is C84H146NO8+. The van der Waals surface area contributed by atoms with Crippen molar-refractivity contribution in [1.82, 2.24) is 0 Å². The van der Waals surface area contributed by atoms with Gasteiger partial charge in [0.2, 0.25) is 0 Å². The monoisotopic (exact) mass is 1300 g/mol. The fraction of sp³-hybridized carbons (Fsp3) is 0.726. The van der Waals surface area contributed by atoms with E-state index >= 15 is 0 Å². The number of likely N-dealkylation sites (N-methyl/N-ethyl adjacent to an activating group) is 1. The molecule has 2 unspecified atom stereocenters. The smallest absolute Gasteiger partial charge is 0.361 e. The lowest BCUT2D eigenvalue weighted by Crippen LogP contribution is -2.40. The van der Waals surface area contributed by atoms with E-state index in [0.29, 0.717) is 23.9 Å². The van der Waals surface area contributed by atoms with Crippen LogP contribution in [0, 0.1) is 0 Å². The zero-order valence-electron chi connectivity index (χ0n) is 61.1. The number of hydrogen-bond acceptors (Lipinski definition) is 7. The first kappa shape index (κ1) is 88.7. The van der Waals surface area contributed by atoms with Crippen molar-refractivity contribution in [3.63, 3.8) is 0 Å². The minimum Gasteiger partial charge on any atom is -0.477 e. The molecule has 0 fully saturated rings. The maximum absolute atomic E-state index is 13.0. The summed E-state index contributed by atoms with van der Waals surface area (Å²) in [5.41, 5.74) is 0. The van der Waals surface area contributed by atoms with Gasteiger partial charge >= 0.3 is 17.9 Å². The third kappa shape index (κ3) is 74.9. The van der Waals surface area contributed by atoms with E-state index in [1.807, 2.05) is 21.1 Å². The largest absolute Gasteiger partial charge is 0.477 e. The maximum Gasteiger partial charge on any atom is 0.361 e. The number of ether oxygens (including phenoxy) is 4. The van der Waals surface area contributed by atoms with Crippen molar-refractivity contribution in [3.05, 3.63) is 122 Å². The molecule has 0 aromatic carbocycles. The number of carboxylic acids is 1. The molecule has 9 heteroatoms. The lowest BCUT2D eigenvalue weighted by Gasteiger charge is -2.25. The van der Waals surface area contributed by atoms with Crippen molar-refractivity contribution in [2.24, 2.45) is 0 Å². The van der Waals surface area contributed by atoms with Crippen molar-refractivity contribution in [1.29, 1.82) is 0 Å². The molecule has 534 valence electrons. The standard InChI is InChI=1S/C84H145NO8/c1-6-8-10-12-14-16-18-20-22-24-26-28-30-32-34-36-38-40-41-43-45-47-49-51-53-55-57-59-61-63-65-67-69-71-73-75-82(87)93-80(79-92-84(83(88)89)90-77-76-85(3,4)5)78-91-81(86)74-72-70-68-66-64-62-60-58-56-54-52-50-48-46-44-42-39-37-35-33-31-29-27-25-23-21-19-17-15-13-11-9-7-2/h8,10,14,16,20,22,25-28,32,34,38,40,43,45,49,51,55,57,80,84H,6-7,9,11-13,15,17-19,21,23-24,29-31,33,35-37,39,41-42,44,46-48,50,52-54,56,58-79H2,1-5H3/p+1/b10-8-,16-14-,22-20-,27-25-,28-26-,34-32-,40-38-,45-43-,51-49-,57-55-. The molecule has 0 aromatic rings. The van der Waals surface area contributed by atoms with Gasteiger partial charge in [-0.3, -0.25) is 9.59 Å². The van der Waals surface area contributed by atoms with Crippen LogP contribution in [0.3, 0.4) is 0 Å². The highest BCUT2D eigenvalue weighted by molar-refractivity contribution is 5.71. The summed E-state index contributed by atoms with van der Waals surface area (Å²) < 4.78 is 23.0. The van der Waals surface area contributed by atoms with Gasteiger partial charge in [0.25, 0.3) is 6.29 Å². The Morgan fingerprint density at radius 2 is 0.613 bits per heavy atom. The molecule has 0 aliphatic rings. The molecule has 0 aliphatic carbocycles. The highest BCUT2D eigenvalue weighted by Gasteiger charge is 2.25. The summed E-state index contributed by atoms with van der Waals surface area (Å²) in [6, 6.07) is 0. The van der Waals surface area contributed by atoms with Crippen LogP contribution in [0.25, 0.3) is 0 Å². The Balaban J connectivity index is 4.11. The van der Waals surface area contributed by atoms with E-state index in [1.54, 1.807) is 0 Å². The Morgan fingerprint density at radius 1 is 0.333 bits per heavy atom. The predicted molar refractivity (Wildman–Crippen MR) is 401 cm³/mol. The van der Waals surface area contributed by atoms with Crippen LogP contribution >= 0.6 is 0 Å². The number of carbonyl (C=O) groups is 3. The van der Waals surface area contributed by atoms with Gasteiger partial charge in [-0.1, -0.05) is 334 Å². The van der Waals surface area contributed by atoms with E-state index in [0.717, 1.165) is 103 Å². The molecular weight excluding hydrogens is 1150 g/mol. The van der Waals surface area contributed by atoms with Crippen LogP contribution in [0.1, 0.15) is 335 Å². The minimum absolute atomic E-state index is 0.181. The molecule has 9 nitrogen and oxygen atoms in total.